The van der Waals surface area contributed by atoms with Crippen LogP contribution in [-0.4, -0.2) is 15.3 Å². The fraction of sp³-hybridized carbons (Fsp3) is 0.636. The van der Waals surface area contributed by atoms with Crippen molar-refractivity contribution in [2.45, 2.75) is 46.2 Å². The molecule has 1 heterocycles. The second-order valence-electron chi connectivity index (χ2n) is 4.30. The lowest BCUT2D eigenvalue weighted by Crippen LogP contribution is -2.35. The summed E-state index contributed by atoms with van der Waals surface area (Å²) in [7, 11) is 0. The molecule has 0 aliphatic heterocycles. The van der Waals surface area contributed by atoms with Crippen molar-refractivity contribution in [3.05, 3.63) is 17.0 Å². The number of rotatable bonds is 3. The fourth-order valence-electron chi connectivity index (χ4n) is 1.40. The van der Waals surface area contributed by atoms with Crippen LogP contribution >= 0.6 is 0 Å². The Morgan fingerprint density at radius 2 is 2.07 bits per heavy atom. The van der Waals surface area contributed by atoms with Crippen molar-refractivity contribution in [1.29, 1.82) is 5.26 Å². The van der Waals surface area contributed by atoms with Gasteiger partial charge < -0.3 is 5.73 Å². The summed E-state index contributed by atoms with van der Waals surface area (Å²) in [5.74, 6) is 0. The minimum atomic E-state index is -0.764. The Bertz CT molecular complexity index is 395. The van der Waals surface area contributed by atoms with Crippen molar-refractivity contribution in [2.75, 3.05) is 0 Å². The highest BCUT2D eigenvalue weighted by Crippen LogP contribution is 2.13. The van der Waals surface area contributed by atoms with Gasteiger partial charge in [-0.25, -0.2) is 0 Å². The number of hydrogen-bond donors (Lipinski definition) is 1. The fourth-order valence-corrected chi connectivity index (χ4v) is 1.40. The Balaban J connectivity index is 2.75. The minimum Gasteiger partial charge on any atom is -0.314 e. The molecule has 2 N–H and O–H groups in total. The Hall–Kier alpha value is -1.34. The van der Waals surface area contributed by atoms with Gasteiger partial charge in [0.1, 0.15) is 5.54 Å². The molecule has 4 heteroatoms. The molecule has 1 atom stereocenters. The van der Waals surface area contributed by atoms with E-state index in [1.54, 1.807) is 6.92 Å². The van der Waals surface area contributed by atoms with Gasteiger partial charge in [-0.05, 0) is 39.7 Å². The van der Waals surface area contributed by atoms with Crippen molar-refractivity contribution >= 4 is 0 Å². The van der Waals surface area contributed by atoms with Crippen LogP contribution in [0.4, 0.5) is 0 Å². The molecule has 1 aromatic rings. The van der Waals surface area contributed by atoms with Crippen LogP contribution < -0.4 is 5.73 Å². The van der Waals surface area contributed by atoms with Gasteiger partial charge >= 0.3 is 0 Å². The van der Waals surface area contributed by atoms with Crippen LogP contribution in [0.5, 0.6) is 0 Å². The van der Waals surface area contributed by atoms with Crippen LogP contribution in [0.1, 0.15) is 30.3 Å². The van der Waals surface area contributed by atoms with Crippen LogP contribution in [0.15, 0.2) is 0 Å². The van der Waals surface area contributed by atoms with Gasteiger partial charge in [-0.2, -0.15) is 10.4 Å². The van der Waals surface area contributed by atoms with E-state index >= 15 is 0 Å². The zero-order valence-corrected chi connectivity index (χ0v) is 9.83. The molecule has 0 amide bonds. The molecule has 0 aliphatic carbocycles. The van der Waals surface area contributed by atoms with Crippen molar-refractivity contribution in [3.8, 4) is 6.07 Å². The van der Waals surface area contributed by atoms with Gasteiger partial charge in [0, 0.05) is 12.2 Å². The van der Waals surface area contributed by atoms with E-state index in [-0.39, 0.29) is 0 Å². The number of hydrogen-bond acceptors (Lipinski definition) is 3. The molecule has 82 valence electrons. The first-order valence-electron chi connectivity index (χ1n) is 5.08. The monoisotopic (exact) mass is 206 g/mol. The van der Waals surface area contributed by atoms with Crippen molar-refractivity contribution < 1.29 is 0 Å². The summed E-state index contributed by atoms with van der Waals surface area (Å²) < 4.78 is 1.92. The number of aromatic nitrogens is 2. The predicted molar refractivity (Wildman–Crippen MR) is 59.3 cm³/mol. The van der Waals surface area contributed by atoms with E-state index in [1.807, 2.05) is 18.5 Å². The maximum atomic E-state index is 8.80. The highest BCUT2D eigenvalue weighted by molar-refractivity contribution is 5.22. The lowest BCUT2D eigenvalue weighted by atomic mass is 10.0. The van der Waals surface area contributed by atoms with Crippen LogP contribution in [0.3, 0.4) is 0 Å². The zero-order valence-electron chi connectivity index (χ0n) is 9.83. The first kappa shape index (κ1) is 11.7. The molecular formula is C11H18N4. The lowest BCUT2D eigenvalue weighted by molar-refractivity contribution is 0.460. The van der Waals surface area contributed by atoms with Crippen LogP contribution in [0.2, 0.25) is 0 Å². The van der Waals surface area contributed by atoms with Gasteiger partial charge in [0.25, 0.3) is 0 Å². The highest BCUT2D eigenvalue weighted by Gasteiger charge is 2.18. The SMILES string of the molecule is Cc1nn(CCC(C)(N)C#N)c(C)c1C. The molecule has 15 heavy (non-hydrogen) atoms. The Labute approximate surface area is 90.7 Å². The normalized spacial score (nSPS) is 14.7. The van der Waals surface area contributed by atoms with Gasteiger partial charge in [0.2, 0.25) is 0 Å². The molecule has 1 unspecified atom stereocenters. The molecule has 1 rings (SSSR count). The molecule has 0 saturated carbocycles. The summed E-state index contributed by atoms with van der Waals surface area (Å²) in [5, 5.41) is 13.2. The quantitative estimate of drug-likeness (QED) is 0.813. The molecule has 0 aliphatic rings. The second kappa shape index (κ2) is 4.03. The van der Waals surface area contributed by atoms with E-state index in [1.165, 1.54) is 5.56 Å². The molecule has 0 saturated heterocycles. The first-order valence-corrected chi connectivity index (χ1v) is 5.08. The van der Waals surface area contributed by atoms with Crippen molar-refractivity contribution in [1.82, 2.24) is 9.78 Å². The van der Waals surface area contributed by atoms with Gasteiger partial charge in [-0.15, -0.1) is 0 Å². The van der Waals surface area contributed by atoms with Crippen molar-refractivity contribution in [2.24, 2.45) is 5.73 Å². The third kappa shape index (κ3) is 2.57. The molecule has 0 bridgehead atoms. The average molecular weight is 206 g/mol. The Morgan fingerprint density at radius 1 is 1.47 bits per heavy atom. The van der Waals surface area contributed by atoms with E-state index in [0.717, 1.165) is 11.4 Å². The largest absolute Gasteiger partial charge is 0.314 e. The molecule has 0 radical (unpaired) electrons. The summed E-state index contributed by atoms with van der Waals surface area (Å²) >= 11 is 0. The predicted octanol–water partition coefficient (Wildman–Crippen LogP) is 1.44. The van der Waals surface area contributed by atoms with E-state index in [9.17, 15) is 0 Å². The standard InChI is InChI=1S/C11H18N4/c1-8-9(2)14-15(10(8)3)6-5-11(4,13)7-12/h5-6,13H2,1-4H3. The summed E-state index contributed by atoms with van der Waals surface area (Å²) in [6.07, 6.45) is 0.616. The third-order valence-corrected chi connectivity index (χ3v) is 2.84. The summed E-state index contributed by atoms with van der Waals surface area (Å²) in [4.78, 5) is 0. The number of nitriles is 1. The maximum absolute atomic E-state index is 8.80. The summed E-state index contributed by atoms with van der Waals surface area (Å²) in [6, 6.07) is 2.09. The minimum absolute atomic E-state index is 0.616. The van der Waals surface area contributed by atoms with Gasteiger partial charge in [0.15, 0.2) is 0 Å². The van der Waals surface area contributed by atoms with E-state index in [0.29, 0.717) is 13.0 Å². The Kier molecular flexibility index (Phi) is 3.15. The molecule has 0 aromatic carbocycles. The topological polar surface area (TPSA) is 67.6 Å². The van der Waals surface area contributed by atoms with Gasteiger partial charge in [-0.3, -0.25) is 4.68 Å². The van der Waals surface area contributed by atoms with Gasteiger partial charge in [0.05, 0.1) is 11.8 Å². The Morgan fingerprint density at radius 3 is 2.47 bits per heavy atom. The van der Waals surface area contributed by atoms with Gasteiger partial charge in [-0.1, -0.05) is 0 Å². The molecule has 1 aromatic heterocycles. The number of aryl methyl sites for hydroxylation is 2. The first-order chi connectivity index (χ1) is 6.87. The maximum Gasteiger partial charge on any atom is 0.103 e. The summed E-state index contributed by atoms with van der Waals surface area (Å²) in [5.41, 5.74) is 8.41. The molecule has 0 spiro atoms. The van der Waals surface area contributed by atoms with Crippen LogP contribution in [-0.2, 0) is 6.54 Å². The third-order valence-electron chi connectivity index (χ3n) is 2.84. The molecule has 4 nitrogen and oxygen atoms in total. The summed E-state index contributed by atoms with van der Waals surface area (Å²) in [6.45, 7) is 8.52. The number of nitrogens with zero attached hydrogens (tertiary/aromatic N) is 3. The smallest absolute Gasteiger partial charge is 0.103 e. The van der Waals surface area contributed by atoms with Crippen LogP contribution in [0.25, 0.3) is 0 Å². The van der Waals surface area contributed by atoms with Crippen molar-refractivity contribution in [3.63, 3.8) is 0 Å². The highest BCUT2D eigenvalue weighted by atomic mass is 15.3. The van der Waals surface area contributed by atoms with E-state index < -0.39 is 5.54 Å². The molecular weight excluding hydrogens is 188 g/mol. The lowest BCUT2D eigenvalue weighted by Gasteiger charge is -2.15. The zero-order chi connectivity index (χ0) is 11.6. The van der Waals surface area contributed by atoms with E-state index in [4.69, 9.17) is 11.0 Å². The van der Waals surface area contributed by atoms with Crippen LogP contribution in [0, 0.1) is 32.1 Å². The number of nitrogens with two attached hydrogens (primary N) is 1. The average Bonchev–Trinajstić information content (AvgIpc) is 2.43. The second-order valence-corrected chi connectivity index (χ2v) is 4.30. The van der Waals surface area contributed by atoms with E-state index in [2.05, 4.69) is 18.1 Å². The molecule has 0 fully saturated rings.